The fourth-order valence-electron chi connectivity index (χ4n) is 3.57. The van der Waals surface area contributed by atoms with E-state index in [0.29, 0.717) is 17.9 Å². The van der Waals surface area contributed by atoms with Crippen LogP contribution in [0.15, 0.2) is 12.7 Å². The van der Waals surface area contributed by atoms with Crippen molar-refractivity contribution in [2.24, 2.45) is 5.92 Å². The number of allylic oxidation sites excluding steroid dienone is 1. The number of rotatable bonds is 7. The smallest absolute Gasteiger partial charge is 0.223 e. The Labute approximate surface area is 153 Å². The number of likely N-dealkylation sites (tertiary alicyclic amines) is 1. The van der Waals surface area contributed by atoms with Crippen LogP contribution >= 0.6 is 12.2 Å². The first-order valence-electron chi connectivity index (χ1n) is 9.47. The van der Waals surface area contributed by atoms with Crippen molar-refractivity contribution in [3.05, 3.63) is 23.3 Å². The standard InChI is InChI=1S/C18H27N5OS/c1-2-9-22-16(13-3-4-13)20-23(18(22)25)12-21-10-7-15(8-11-21)19-17(24)14-5-6-14/h2,13-15H,1,3-12H2,(H,19,24). The SMILES string of the molecule is C=CCn1c(C2CC2)nn(CN2CCC(NC(=O)C3CC3)CC2)c1=S. The molecule has 4 rings (SSSR count). The Morgan fingerprint density at radius 2 is 1.96 bits per heavy atom. The van der Waals surface area contributed by atoms with Gasteiger partial charge in [0.05, 0.1) is 6.67 Å². The zero-order chi connectivity index (χ0) is 17.4. The molecule has 0 radical (unpaired) electrons. The summed E-state index contributed by atoms with van der Waals surface area (Å²) in [5, 5.41) is 8.01. The van der Waals surface area contributed by atoms with E-state index in [1.807, 2.05) is 10.8 Å². The van der Waals surface area contributed by atoms with Crippen LogP contribution in [-0.2, 0) is 18.0 Å². The number of carbonyl (C=O) groups excluding carboxylic acids is 1. The summed E-state index contributed by atoms with van der Waals surface area (Å²) in [7, 11) is 0. The lowest BCUT2D eigenvalue weighted by molar-refractivity contribution is -0.123. The molecule has 0 spiro atoms. The third kappa shape index (κ3) is 3.87. The van der Waals surface area contributed by atoms with E-state index >= 15 is 0 Å². The summed E-state index contributed by atoms with van der Waals surface area (Å²) in [5.74, 6) is 2.26. The van der Waals surface area contributed by atoms with E-state index < -0.39 is 0 Å². The Kier molecular flexibility index (Phi) is 4.78. The molecule has 1 aromatic heterocycles. The van der Waals surface area contributed by atoms with Crippen molar-refractivity contribution in [2.75, 3.05) is 13.1 Å². The summed E-state index contributed by atoms with van der Waals surface area (Å²) < 4.78 is 4.89. The minimum Gasteiger partial charge on any atom is -0.353 e. The maximum absolute atomic E-state index is 11.9. The van der Waals surface area contributed by atoms with Gasteiger partial charge in [0.1, 0.15) is 5.82 Å². The van der Waals surface area contributed by atoms with Gasteiger partial charge >= 0.3 is 0 Å². The van der Waals surface area contributed by atoms with Crippen LogP contribution in [0.3, 0.4) is 0 Å². The van der Waals surface area contributed by atoms with Gasteiger partial charge in [-0.2, -0.15) is 5.10 Å². The van der Waals surface area contributed by atoms with Gasteiger partial charge in [-0.05, 0) is 50.7 Å². The minimum atomic E-state index is 0.262. The van der Waals surface area contributed by atoms with E-state index in [2.05, 4.69) is 21.4 Å². The largest absolute Gasteiger partial charge is 0.353 e. The number of hydrogen-bond donors (Lipinski definition) is 1. The van der Waals surface area contributed by atoms with E-state index in [1.54, 1.807) is 0 Å². The third-order valence-electron chi connectivity index (χ3n) is 5.42. The van der Waals surface area contributed by atoms with Crippen LogP contribution in [0.4, 0.5) is 0 Å². The highest BCUT2D eigenvalue weighted by atomic mass is 32.1. The van der Waals surface area contributed by atoms with E-state index in [1.165, 1.54) is 12.8 Å². The Morgan fingerprint density at radius 1 is 1.24 bits per heavy atom. The Bertz CT molecular complexity index is 708. The number of hydrogen-bond acceptors (Lipinski definition) is 4. The lowest BCUT2D eigenvalue weighted by Gasteiger charge is -2.32. The highest BCUT2D eigenvalue weighted by Crippen LogP contribution is 2.39. The van der Waals surface area contributed by atoms with E-state index in [-0.39, 0.29) is 5.91 Å². The van der Waals surface area contributed by atoms with Crippen molar-refractivity contribution >= 4 is 18.1 Å². The Hall–Kier alpha value is -1.47. The summed E-state index contributed by atoms with van der Waals surface area (Å²) in [6.07, 6.45) is 8.48. The lowest BCUT2D eigenvalue weighted by Crippen LogP contribution is -2.45. The van der Waals surface area contributed by atoms with Gasteiger partial charge in [0.15, 0.2) is 4.77 Å². The lowest BCUT2D eigenvalue weighted by atomic mass is 10.1. The fraction of sp³-hybridized carbons (Fsp3) is 0.722. The van der Waals surface area contributed by atoms with Gasteiger partial charge in [-0.1, -0.05) is 6.08 Å². The normalized spacial score (nSPS) is 22.1. The molecule has 2 heterocycles. The molecule has 0 atom stereocenters. The van der Waals surface area contributed by atoms with Gasteiger partial charge in [0, 0.05) is 37.5 Å². The van der Waals surface area contributed by atoms with Gasteiger partial charge in [-0.15, -0.1) is 6.58 Å². The van der Waals surface area contributed by atoms with Crippen molar-refractivity contribution in [2.45, 2.75) is 63.7 Å². The minimum absolute atomic E-state index is 0.262. The summed E-state index contributed by atoms with van der Waals surface area (Å²) in [6.45, 7) is 7.27. The van der Waals surface area contributed by atoms with Crippen molar-refractivity contribution < 1.29 is 4.79 Å². The van der Waals surface area contributed by atoms with E-state index in [9.17, 15) is 4.79 Å². The second-order valence-corrected chi connectivity index (χ2v) is 8.00. The van der Waals surface area contributed by atoms with Crippen LogP contribution in [-0.4, -0.2) is 44.3 Å². The first kappa shape index (κ1) is 17.0. The summed E-state index contributed by atoms with van der Waals surface area (Å²) in [5.41, 5.74) is 0. The quantitative estimate of drug-likeness (QED) is 0.599. The molecule has 0 bridgehead atoms. The molecule has 1 amide bonds. The Morgan fingerprint density at radius 3 is 2.56 bits per heavy atom. The zero-order valence-electron chi connectivity index (χ0n) is 14.7. The first-order valence-corrected chi connectivity index (χ1v) is 9.87. The molecule has 3 fully saturated rings. The average Bonchev–Trinajstić information content (AvgIpc) is 3.50. The van der Waals surface area contributed by atoms with Crippen LogP contribution in [0, 0.1) is 10.7 Å². The molecule has 1 saturated heterocycles. The summed E-state index contributed by atoms with van der Waals surface area (Å²) in [4.78, 5) is 14.3. The molecule has 1 aromatic rings. The van der Waals surface area contributed by atoms with Gasteiger partial charge in [-0.3, -0.25) is 14.3 Å². The number of nitrogens with zero attached hydrogens (tertiary/aromatic N) is 4. The van der Waals surface area contributed by atoms with Crippen LogP contribution in [0.5, 0.6) is 0 Å². The number of amides is 1. The maximum atomic E-state index is 11.9. The van der Waals surface area contributed by atoms with Crippen molar-refractivity contribution in [1.82, 2.24) is 24.6 Å². The summed E-state index contributed by atoms with van der Waals surface area (Å²) in [6, 6.07) is 0.331. The van der Waals surface area contributed by atoms with E-state index in [0.717, 1.165) is 62.6 Å². The van der Waals surface area contributed by atoms with Crippen LogP contribution < -0.4 is 5.32 Å². The second-order valence-electron chi connectivity index (χ2n) is 7.63. The molecule has 3 aliphatic rings. The topological polar surface area (TPSA) is 55.1 Å². The molecule has 0 aromatic carbocycles. The van der Waals surface area contributed by atoms with Gasteiger partial charge in [0.25, 0.3) is 0 Å². The number of aromatic nitrogens is 3. The molecule has 1 aliphatic heterocycles. The molecule has 25 heavy (non-hydrogen) atoms. The number of nitrogens with one attached hydrogen (secondary N) is 1. The van der Waals surface area contributed by atoms with Crippen LogP contribution in [0.2, 0.25) is 0 Å². The van der Waals surface area contributed by atoms with Gasteiger partial charge in [-0.25, -0.2) is 4.68 Å². The van der Waals surface area contributed by atoms with Gasteiger partial charge in [0.2, 0.25) is 5.91 Å². The fourth-order valence-corrected chi connectivity index (χ4v) is 3.83. The summed E-state index contributed by atoms with van der Waals surface area (Å²) >= 11 is 5.64. The molecule has 7 heteroatoms. The monoisotopic (exact) mass is 361 g/mol. The molecular formula is C18H27N5OS. The second kappa shape index (κ2) is 7.03. The highest BCUT2D eigenvalue weighted by Gasteiger charge is 2.32. The molecular weight excluding hydrogens is 334 g/mol. The van der Waals surface area contributed by atoms with Crippen LogP contribution in [0.1, 0.15) is 50.3 Å². The average molecular weight is 362 g/mol. The number of piperidine rings is 1. The van der Waals surface area contributed by atoms with Crippen molar-refractivity contribution in [3.8, 4) is 0 Å². The molecule has 1 N–H and O–H groups in total. The highest BCUT2D eigenvalue weighted by molar-refractivity contribution is 7.71. The molecule has 6 nitrogen and oxygen atoms in total. The van der Waals surface area contributed by atoms with E-state index in [4.69, 9.17) is 17.3 Å². The first-order chi connectivity index (χ1) is 12.2. The third-order valence-corrected chi connectivity index (χ3v) is 5.85. The predicted molar refractivity (Wildman–Crippen MR) is 98.7 cm³/mol. The predicted octanol–water partition coefficient (Wildman–Crippen LogP) is 2.43. The maximum Gasteiger partial charge on any atom is 0.223 e. The molecule has 0 unspecified atom stereocenters. The molecule has 2 aliphatic carbocycles. The van der Waals surface area contributed by atoms with Crippen molar-refractivity contribution in [3.63, 3.8) is 0 Å². The van der Waals surface area contributed by atoms with Crippen molar-refractivity contribution in [1.29, 1.82) is 0 Å². The number of carbonyl (C=O) groups is 1. The molecule has 2 saturated carbocycles. The zero-order valence-corrected chi connectivity index (χ0v) is 15.5. The van der Waals surface area contributed by atoms with Crippen LogP contribution in [0.25, 0.3) is 0 Å². The Balaban J connectivity index is 1.35. The van der Waals surface area contributed by atoms with Gasteiger partial charge < -0.3 is 5.32 Å². The molecule has 136 valence electrons.